The molecular weight excluding hydrogens is 387 g/mol. The topological polar surface area (TPSA) is 103 Å². The van der Waals surface area contributed by atoms with Crippen LogP contribution in [0.2, 0.25) is 0 Å². The predicted molar refractivity (Wildman–Crippen MR) is 108 cm³/mol. The van der Waals surface area contributed by atoms with Crippen molar-refractivity contribution in [2.45, 2.75) is 37.8 Å². The molecule has 0 aliphatic heterocycles. The van der Waals surface area contributed by atoms with Gasteiger partial charge in [0, 0.05) is 23.6 Å². The van der Waals surface area contributed by atoms with Crippen LogP contribution in [-0.4, -0.2) is 40.6 Å². The van der Waals surface area contributed by atoms with Gasteiger partial charge in [0.25, 0.3) is 5.56 Å². The molecule has 1 N–H and O–H groups in total. The molecule has 0 bridgehead atoms. The summed E-state index contributed by atoms with van der Waals surface area (Å²) in [6.07, 6.45) is 7.76. The first kappa shape index (κ1) is 18.3. The van der Waals surface area contributed by atoms with E-state index < -0.39 is 0 Å². The number of benzene rings is 1. The lowest BCUT2D eigenvalue weighted by atomic mass is 9.91. The summed E-state index contributed by atoms with van der Waals surface area (Å²) in [6.45, 7) is 0. The van der Waals surface area contributed by atoms with E-state index in [4.69, 9.17) is 0 Å². The van der Waals surface area contributed by atoms with Gasteiger partial charge < -0.3 is 5.32 Å². The molecule has 3 aromatic heterocycles. The second-order valence-electron chi connectivity index (χ2n) is 7.35. The van der Waals surface area contributed by atoms with Crippen LogP contribution in [-0.2, 0) is 0 Å². The van der Waals surface area contributed by atoms with Gasteiger partial charge in [-0.25, -0.2) is 28.7 Å². The molecule has 1 saturated carbocycles. The highest BCUT2D eigenvalue weighted by atomic mass is 19.1. The predicted octanol–water partition coefficient (Wildman–Crippen LogP) is 2.50. The lowest BCUT2D eigenvalue weighted by molar-refractivity contribution is 0.302. The van der Waals surface area contributed by atoms with E-state index in [1.807, 2.05) is 0 Å². The zero-order valence-corrected chi connectivity index (χ0v) is 16.0. The molecule has 0 saturated heterocycles. The molecule has 10 heteroatoms. The fourth-order valence-electron chi connectivity index (χ4n) is 3.93. The third kappa shape index (κ3) is 3.51. The van der Waals surface area contributed by atoms with Gasteiger partial charge in [-0.15, -0.1) is 5.10 Å². The summed E-state index contributed by atoms with van der Waals surface area (Å²) in [4.78, 5) is 24.8. The molecule has 1 aliphatic carbocycles. The molecule has 0 amide bonds. The summed E-state index contributed by atoms with van der Waals surface area (Å²) in [6, 6.07) is 7.89. The van der Waals surface area contributed by atoms with E-state index in [1.165, 1.54) is 35.5 Å². The summed E-state index contributed by atoms with van der Waals surface area (Å²) in [7, 11) is 0. The highest BCUT2D eigenvalue weighted by molar-refractivity contribution is 5.88. The largest absolute Gasteiger partial charge is 0.367 e. The Morgan fingerprint density at radius 1 is 1.03 bits per heavy atom. The molecule has 0 radical (unpaired) electrons. The Hall–Kier alpha value is -3.69. The van der Waals surface area contributed by atoms with E-state index in [-0.39, 0.29) is 23.5 Å². The van der Waals surface area contributed by atoms with Crippen molar-refractivity contribution in [1.82, 2.24) is 34.5 Å². The van der Waals surface area contributed by atoms with Crippen molar-refractivity contribution in [2.24, 2.45) is 0 Å². The van der Waals surface area contributed by atoms with Gasteiger partial charge in [0.15, 0.2) is 5.82 Å². The Kier molecular flexibility index (Phi) is 4.66. The standard InChI is InChI=1S/C20H19FN8O/c21-13-1-6-16-17(9-13)23-11-24-20(16)26-14-2-4-15(5-3-14)29-19(30)8-7-18(27-29)28-12-22-10-25-28/h1,6-12,14-15H,2-5H2,(H,23,24,26). The van der Waals surface area contributed by atoms with Gasteiger partial charge in [0.05, 0.1) is 11.6 Å². The number of halogens is 1. The summed E-state index contributed by atoms with van der Waals surface area (Å²) in [5.74, 6) is 0.942. The molecule has 3 heterocycles. The highest BCUT2D eigenvalue weighted by Gasteiger charge is 2.24. The van der Waals surface area contributed by atoms with E-state index in [1.54, 1.807) is 23.1 Å². The van der Waals surface area contributed by atoms with Crippen LogP contribution in [0.1, 0.15) is 31.7 Å². The van der Waals surface area contributed by atoms with Crippen LogP contribution < -0.4 is 10.9 Å². The lowest BCUT2D eigenvalue weighted by Gasteiger charge is -2.30. The smallest absolute Gasteiger partial charge is 0.267 e. The van der Waals surface area contributed by atoms with Gasteiger partial charge in [0.2, 0.25) is 0 Å². The number of hydrogen-bond donors (Lipinski definition) is 1. The van der Waals surface area contributed by atoms with E-state index in [0.717, 1.165) is 31.1 Å². The SMILES string of the molecule is O=c1ccc(-n2cncn2)nn1C1CCC(Nc2ncnc3cc(F)ccc23)CC1. The maximum Gasteiger partial charge on any atom is 0.267 e. The first-order chi connectivity index (χ1) is 14.7. The van der Waals surface area contributed by atoms with Gasteiger partial charge in [0.1, 0.15) is 30.6 Å². The average Bonchev–Trinajstić information content (AvgIpc) is 3.30. The number of nitrogens with one attached hydrogen (secondary N) is 1. The molecule has 0 atom stereocenters. The minimum atomic E-state index is -0.321. The summed E-state index contributed by atoms with van der Waals surface area (Å²) in [5, 5.41) is 12.8. The van der Waals surface area contributed by atoms with Crippen molar-refractivity contribution < 1.29 is 4.39 Å². The van der Waals surface area contributed by atoms with E-state index in [2.05, 4.69) is 30.5 Å². The molecule has 1 aromatic carbocycles. The summed E-state index contributed by atoms with van der Waals surface area (Å²) >= 11 is 0. The molecule has 9 nitrogen and oxygen atoms in total. The Morgan fingerprint density at radius 2 is 1.90 bits per heavy atom. The molecule has 5 rings (SSSR count). The summed E-state index contributed by atoms with van der Waals surface area (Å²) < 4.78 is 16.5. The number of aromatic nitrogens is 7. The minimum Gasteiger partial charge on any atom is -0.367 e. The van der Waals surface area contributed by atoms with E-state index >= 15 is 0 Å². The molecule has 152 valence electrons. The van der Waals surface area contributed by atoms with Crippen LogP contribution in [0.4, 0.5) is 10.2 Å². The zero-order valence-electron chi connectivity index (χ0n) is 16.0. The van der Waals surface area contributed by atoms with Gasteiger partial charge >= 0.3 is 0 Å². The Balaban J connectivity index is 1.31. The fraction of sp³-hybridized carbons (Fsp3) is 0.300. The first-order valence-corrected chi connectivity index (χ1v) is 9.79. The second-order valence-corrected chi connectivity index (χ2v) is 7.35. The second kappa shape index (κ2) is 7.62. The lowest BCUT2D eigenvalue weighted by Crippen LogP contribution is -2.33. The minimum absolute atomic E-state index is 0.0234. The van der Waals surface area contributed by atoms with Crippen LogP contribution in [0.3, 0.4) is 0 Å². The first-order valence-electron chi connectivity index (χ1n) is 9.79. The Morgan fingerprint density at radius 3 is 2.70 bits per heavy atom. The molecule has 1 aliphatic rings. The number of anilines is 1. The molecule has 1 fully saturated rings. The van der Waals surface area contributed by atoms with Crippen LogP contribution in [0, 0.1) is 5.82 Å². The van der Waals surface area contributed by atoms with Gasteiger partial charge in [-0.2, -0.15) is 5.10 Å². The average molecular weight is 406 g/mol. The molecule has 4 aromatic rings. The third-order valence-corrected chi connectivity index (χ3v) is 5.45. The van der Waals surface area contributed by atoms with E-state index in [9.17, 15) is 9.18 Å². The molecule has 0 spiro atoms. The fourth-order valence-corrected chi connectivity index (χ4v) is 3.93. The van der Waals surface area contributed by atoms with Crippen molar-refractivity contribution in [1.29, 1.82) is 0 Å². The van der Waals surface area contributed by atoms with Gasteiger partial charge in [-0.3, -0.25) is 4.79 Å². The number of fused-ring (bicyclic) bond motifs is 1. The van der Waals surface area contributed by atoms with Crippen LogP contribution >= 0.6 is 0 Å². The maximum atomic E-state index is 13.5. The summed E-state index contributed by atoms with van der Waals surface area (Å²) in [5.41, 5.74) is 0.445. The molecule has 30 heavy (non-hydrogen) atoms. The van der Waals surface area contributed by atoms with Crippen molar-refractivity contribution in [2.75, 3.05) is 5.32 Å². The van der Waals surface area contributed by atoms with Crippen molar-refractivity contribution in [3.8, 4) is 5.82 Å². The Bertz CT molecular complexity index is 1230. The molecular formula is C20H19FN8O. The third-order valence-electron chi connectivity index (χ3n) is 5.45. The quantitative estimate of drug-likeness (QED) is 0.555. The van der Waals surface area contributed by atoms with Crippen molar-refractivity contribution >= 4 is 16.7 Å². The van der Waals surface area contributed by atoms with Crippen LogP contribution in [0.25, 0.3) is 16.7 Å². The van der Waals surface area contributed by atoms with Crippen LogP contribution in [0.5, 0.6) is 0 Å². The van der Waals surface area contributed by atoms with Gasteiger partial charge in [-0.05, 0) is 43.9 Å². The Labute approximate surface area is 170 Å². The van der Waals surface area contributed by atoms with Crippen molar-refractivity contribution in [3.05, 3.63) is 65.5 Å². The molecule has 0 unspecified atom stereocenters. The normalized spacial score (nSPS) is 19.1. The van der Waals surface area contributed by atoms with Crippen molar-refractivity contribution in [3.63, 3.8) is 0 Å². The van der Waals surface area contributed by atoms with Crippen LogP contribution in [0.15, 0.2) is 54.1 Å². The number of nitrogens with zero attached hydrogens (tertiary/aromatic N) is 7. The van der Waals surface area contributed by atoms with Gasteiger partial charge in [-0.1, -0.05) is 0 Å². The number of hydrogen-bond acceptors (Lipinski definition) is 7. The monoisotopic (exact) mass is 406 g/mol. The highest BCUT2D eigenvalue weighted by Crippen LogP contribution is 2.30. The zero-order chi connectivity index (χ0) is 20.5. The maximum absolute atomic E-state index is 13.5. The van der Waals surface area contributed by atoms with E-state index in [0.29, 0.717) is 17.2 Å². The number of rotatable bonds is 4.